The first kappa shape index (κ1) is 15.1. The molecule has 0 N–H and O–H groups in total. The third-order valence-electron chi connectivity index (χ3n) is 3.45. The van der Waals surface area contributed by atoms with Crippen molar-refractivity contribution < 1.29 is 4.79 Å². The number of hydrogen-bond acceptors (Lipinski definition) is 2. The minimum Gasteiger partial charge on any atom is -0.344 e. The quantitative estimate of drug-likeness (QED) is 0.811. The predicted molar refractivity (Wildman–Crippen MR) is 82.3 cm³/mol. The van der Waals surface area contributed by atoms with Crippen LogP contribution in [0, 0.1) is 0 Å². The molecule has 0 radical (unpaired) electrons. The van der Waals surface area contributed by atoms with Crippen molar-refractivity contribution in [3.05, 3.63) is 29.0 Å². The Kier molecular flexibility index (Phi) is 4.55. The summed E-state index contributed by atoms with van der Waals surface area (Å²) in [6.45, 7) is 4.43. The van der Waals surface area contributed by atoms with E-state index in [-0.39, 0.29) is 11.8 Å². The van der Waals surface area contributed by atoms with Gasteiger partial charge in [-0.05, 0) is 26.0 Å². The van der Waals surface area contributed by atoms with Crippen LogP contribution < -0.4 is 0 Å². The average Bonchev–Trinajstić information content (AvgIpc) is 2.84. The fourth-order valence-electron chi connectivity index (χ4n) is 2.25. The third kappa shape index (κ3) is 2.50. The van der Waals surface area contributed by atoms with Gasteiger partial charge in [-0.2, -0.15) is 0 Å². The normalized spacial score (nSPS) is 12.7. The number of fused-ring (bicyclic) bond motifs is 1. The number of para-hydroxylation sites is 1. The lowest BCUT2D eigenvalue weighted by Crippen LogP contribution is -2.33. The molecular formula is C14H17Cl2N3O. The van der Waals surface area contributed by atoms with Crippen molar-refractivity contribution in [1.29, 1.82) is 0 Å². The van der Waals surface area contributed by atoms with Crippen molar-refractivity contribution >= 4 is 40.1 Å². The summed E-state index contributed by atoms with van der Waals surface area (Å²) in [7, 11) is 1.78. The fraction of sp³-hybridized carbons (Fsp3) is 0.429. The highest BCUT2D eigenvalue weighted by molar-refractivity contribution is 6.35. The van der Waals surface area contributed by atoms with E-state index in [0.29, 0.717) is 17.4 Å². The number of hydrogen-bond donors (Lipinski definition) is 0. The Bertz CT molecular complexity index is 639. The smallest absolute Gasteiger partial charge is 0.245 e. The lowest BCUT2D eigenvalue weighted by molar-refractivity contribution is -0.132. The minimum absolute atomic E-state index is 0.0121. The Morgan fingerprint density at radius 2 is 2.20 bits per heavy atom. The van der Waals surface area contributed by atoms with Gasteiger partial charge in [0.1, 0.15) is 11.9 Å². The van der Waals surface area contributed by atoms with E-state index < -0.39 is 6.04 Å². The van der Waals surface area contributed by atoms with Gasteiger partial charge in [-0.15, -0.1) is 11.6 Å². The Balaban J connectivity index is 2.60. The number of carbonyl (C=O) groups is 1. The summed E-state index contributed by atoms with van der Waals surface area (Å²) in [5.74, 6) is 0.900. The molecular weight excluding hydrogens is 297 g/mol. The summed E-state index contributed by atoms with van der Waals surface area (Å²) in [4.78, 5) is 18.5. The minimum atomic E-state index is -0.390. The predicted octanol–water partition coefficient (Wildman–Crippen LogP) is 3.47. The van der Waals surface area contributed by atoms with Crippen LogP contribution in [0.2, 0.25) is 5.02 Å². The van der Waals surface area contributed by atoms with Crippen molar-refractivity contribution in [1.82, 2.24) is 14.5 Å². The molecule has 108 valence electrons. The fourth-order valence-corrected chi connectivity index (χ4v) is 2.70. The maximum atomic E-state index is 12.4. The Morgan fingerprint density at radius 3 is 2.80 bits per heavy atom. The van der Waals surface area contributed by atoms with Crippen LogP contribution in [-0.2, 0) is 10.7 Å². The van der Waals surface area contributed by atoms with E-state index in [9.17, 15) is 4.79 Å². The van der Waals surface area contributed by atoms with Gasteiger partial charge in [0.15, 0.2) is 0 Å². The van der Waals surface area contributed by atoms with Crippen molar-refractivity contribution in [3.63, 3.8) is 0 Å². The number of imidazole rings is 1. The SMILES string of the molecule is CCN(C)C(=O)C(C)n1c(CCl)nc2cccc(Cl)c21. The average molecular weight is 314 g/mol. The molecule has 2 rings (SSSR count). The van der Waals surface area contributed by atoms with Gasteiger partial charge in [-0.3, -0.25) is 4.79 Å². The first-order valence-corrected chi connectivity index (χ1v) is 7.38. The molecule has 2 aromatic rings. The van der Waals surface area contributed by atoms with Crippen molar-refractivity contribution in [2.45, 2.75) is 25.8 Å². The molecule has 0 fully saturated rings. The topological polar surface area (TPSA) is 38.1 Å². The van der Waals surface area contributed by atoms with Crippen LogP contribution in [0.1, 0.15) is 25.7 Å². The summed E-state index contributed by atoms with van der Waals surface area (Å²) >= 11 is 12.2. The zero-order valence-corrected chi connectivity index (χ0v) is 13.2. The largest absolute Gasteiger partial charge is 0.344 e. The zero-order chi connectivity index (χ0) is 14.9. The lowest BCUT2D eigenvalue weighted by Gasteiger charge is -2.22. The van der Waals surface area contributed by atoms with Gasteiger partial charge >= 0.3 is 0 Å². The summed E-state index contributed by atoms with van der Waals surface area (Å²) in [5, 5.41) is 0.574. The molecule has 0 spiro atoms. The molecule has 20 heavy (non-hydrogen) atoms. The molecule has 1 aromatic heterocycles. The van der Waals surface area contributed by atoms with Crippen LogP contribution >= 0.6 is 23.2 Å². The number of amides is 1. The van der Waals surface area contributed by atoms with Gasteiger partial charge in [0.05, 0.1) is 21.9 Å². The van der Waals surface area contributed by atoms with Crippen LogP contribution in [0.3, 0.4) is 0 Å². The van der Waals surface area contributed by atoms with E-state index in [1.165, 1.54) is 0 Å². The van der Waals surface area contributed by atoms with Crippen molar-refractivity contribution in [3.8, 4) is 0 Å². The molecule has 1 heterocycles. The Hall–Kier alpha value is -1.26. The second-order valence-corrected chi connectivity index (χ2v) is 5.34. The summed E-state index contributed by atoms with van der Waals surface area (Å²) < 4.78 is 1.83. The molecule has 6 heteroatoms. The summed E-state index contributed by atoms with van der Waals surface area (Å²) in [5.41, 5.74) is 1.52. The molecule has 4 nitrogen and oxygen atoms in total. The maximum absolute atomic E-state index is 12.4. The van der Waals surface area contributed by atoms with Crippen LogP contribution in [-0.4, -0.2) is 34.0 Å². The number of halogens is 2. The van der Waals surface area contributed by atoms with E-state index in [2.05, 4.69) is 4.98 Å². The number of likely N-dealkylation sites (N-methyl/N-ethyl adjacent to an activating group) is 1. The van der Waals surface area contributed by atoms with Crippen molar-refractivity contribution in [2.24, 2.45) is 0 Å². The molecule has 0 saturated carbocycles. The zero-order valence-electron chi connectivity index (χ0n) is 11.7. The van der Waals surface area contributed by atoms with Crippen LogP contribution in [0.5, 0.6) is 0 Å². The van der Waals surface area contributed by atoms with Crippen molar-refractivity contribution in [2.75, 3.05) is 13.6 Å². The van der Waals surface area contributed by atoms with Gasteiger partial charge in [0.2, 0.25) is 5.91 Å². The maximum Gasteiger partial charge on any atom is 0.245 e. The van der Waals surface area contributed by atoms with Gasteiger partial charge in [0.25, 0.3) is 0 Å². The standard InChI is InChI=1S/C14H17Cl2N3O/c1-4-18(3)14(20)9(2)19-12(8-15)17-11-7-5-6-10(16)13(11)19/h5-7,9H,4,8H2,1-3H3. The van der Waals surface area contributed by atoms with E-state index in [4.69, 9.17) is 23.2 Å². The molecule has 1 atom stereocenters. The summed E-state index contributed by atoms with van der Waals surface area (Å²) in [6.07, 6.45) is 0. The number of alkyl halides is 1. The van der Waals surface area contributed by atoms with E-state index >= 15 is 0 Å². The van der Waals surface area contributed by atoms with Gasteiger partial charge < -0.3 is 9.47 Å². The molecule has 1 aromatic carbocycles. The van der Waals surface area contributed by atoms with E-state index in [1.807, 2.05) is 30.5 Å². The first-order chi connectivity index (χ1) is 9.51. The number of rotatable bonds is 4. The molecule has 0 aliphatic rings. The molecule has 0 bridgehead atoms. The van der Waals surface area contributed by atoms with Crippen LogP contribution in [0.4, 0.5) is 0 Å². The number of carbonyl (C=O) groups excluding carboxylic acids is 1. The Morgan fingerprint density at radius 1 is 1.50 bits per heavy atom. The highest BCUT2D eigenvalue weighted by atomic mass is 35.5. The van der Waals surface area contributed by atoms with Crippen LogP contribution in [0.15, 0.2) is 18.2 Å². The molecule has 1 amide bonds. The molecule has 0 aliphatic carbocycles. The Labute approximate surface area is 128 Å². The number of nitrogens with zero attached hydrogens (tertiary/aromatic N) is 3. The molecule has 1 unspecified atom stereocenters. The molecule has 0 saturated heterocycles. The summed E-state index contributed by atoms with van der Waals surface area (Å²) in [6, 6.07) is 5.11. The van der Waals surface area contributed by atoms with E-state index in [1.54, 1.807) is 18.0 Å². The second kappa shape index (κ2) is 6.02. The monoisotopic (exact) mass is 313 g/mol. The number of benzene rings is 1. The first-order valence-electron chi connectivity index (χ1n) is 6.47. The van der Waals surface area contributed by atoms with Gasteiger partial charge in [-0.25, -0.2) is 4.98 Å². The molecule has 0 aliphatic heterocycles. The third-order valence-corrected chi connectivity index (χ3v) is 3.99. The highest BCUT2D eigenvalue weighted by Crippen LogP contribution is 2.29. The van der Waals surface area contributed by atoms with Crippen LogP contribution in [0.25, 0.3) is 11.0 Å². The van der Waals surface area contributed by atoms with Gasteiger partial charge in [0, 0.05) is 13.6 Å². The second-order valence-electron chi connectivity index (χ2n) is 4.67. The van der Waals surface area contributed by atoms with E-state index in [0.717, 1.165) is 11.0 Å². The lowest BCUT2D eigenvalue weighted by atomic mass is 10.2. The van der Waals surface area contributed by atoms with Gasteiger partial charge in [-0.1, -0.05) is 17.7 Å². The highest BCUT2D eigenvalue weighted by Gasteiger charge is 2.24. The number of aromatic nitrogens is 2.